The van der Waals surface area contributed by atoms with Crippen LogP contribution in [0.4, 0.5) is 5.82 Å². The molecule has 0 aliphatic carbocycles. The predicted molar refractivity (Wildman–Crippen MR) is 136 cm³/mol. The summed E-state index contributed by atoms with van der Waals surface area (Å²) in [4.78, 5) is 30.8. The summed E-state index contributed by atoms with van der Waals surface area (Å²) in [5.41, 5.74) is 1.26. The van der Waals surface area contributed by atoms with Crippen molar-refractivity contribution < 1.29 is 4.79 Å². The monoisotopic (exact) mass is 472 g/mol. The molecule has 2 aliphatic heterocycles. The maximum atomic E-state index is 13.2. The van der Waals surface area contributed by atoms with Crippen LogP contribution in [0.1, 0.15) is 64.2 Å². The standard InChI is InChI=1S/C24H32N4O2S2/c1-7-16(5)28-23(30)20(32-24(28)31)10-18-17(6)19(11-25)22(29)27(8-2)21(18)26-12-14(3)9-15(4)13-26/h10,14-16H,7-9,12-13H2,1-6H3/b20-10-. The molecule has 32 heavy (non-hydrogen) atoms. The number of rotatable bonds is 5. The molecule has 2 fully saturated rings. The van der Waals surface area contributed by atoms with Crippen molar-refractivity contribution in [3.63, 3.8) is 0 Å². The Balaban J connectivity index is 2.24. The smallest absolute Gasteiger partial charge is 0.270 e. The van der Waals surface area contributed by atoms with Crippen LogP contribution in [-0.2, 0) is 11.3 Å². The van der Waals surface area contributed by atoms with E-state index >= 15 is 0 Å². The number of pyridine rings is 1. The average molecular weight is 473 g/mol. The van der Waals surface area contributed by atoms with Crippen LogP contribution in [0.15, 0.2) is 9.70 Å². The average Bonchev–Trinajstić information content (AvgIpc) is 3.01. The van der Waals surface area contributed by atoms with Gasteiger partial charge in [0.1, 0.15) is 21.8 Å². The highest BCUT2D eigenvalue weighted by atomic mass is 32.2. The summed E-state index contributed by atoms with van der Waals surface area (Å²) in [5, 5.41) is 9.73. The largest absolute Gasteiger partial charge is 0.357 e. The Morgan fingerprint density at radius 1 is 1.25 bits per heavy atom. The van der Waals surface area contributed by atoms with Crippen molar-refractivity contribution in [2.45, 2.75) is 67.0 Å². The first kappa shape index (κ1) is 24.5. The molecule has 3 atom stereocenters. The molecule has 0 aromatic carbocycles. The Morgan fingerprint density at radius 2 is 1.88 bits per heavy atom. The molecular formula is C24H32N4O2S2. The van der Waals surface area contributed by atoms with Crippen LogP contribution in [0.5, 0.6) is 0 Å². The summed E-state index contributed by atoms with van der Waals surface area (Å²) < 4.78 is 2.25. The zero-order valence-corrected chi connectivity index (χ0v) is 21.4. The van der Waals surface area contributed by atoms with Gasteiger partial charge in [0, 0.05) is 31.2 Å². The lowest BCUT2D eigenvalue weighted by Gasteiger charge is -2.38. The molecule has 3 unspecified atom stereocenters. The molecule has 1 aromatic heterocycles. The van der Waals surface area contributed by atoms with Gasteiger partial charge < -0.3 is 4.90 Å². The van der Waals surface area contributed by atoms with E-state index in [1.54, 1.807) is 9.47 Å². The van der Waals surface area contributed by atoms with Gasteiger partial charge in [-0.15, -0.1) is 0 Å². The highest BCUT2D eigenvalue weighted by molar-refractivity contribution is 8.26. The number of thiocarbonyl (C=S) groups is 1. The molecule has 1 amide bonds. The number of carbonyl (C=O) groups is 1. The molecule has 3 rings (SSSR count). The normalized spacial score (nSPS) is 23.7. The minimum absolute atomic E-state index is 0.0250. The number of carbonyl (C=O) groups excluding carboxylic acids is 1. The second-order valence-electron chi connectivity index (χ2n) is 9.06. The Morgan fingerprint density at radius 3 is 2.41 bits per heavy atom. The predicted octanol–water partition coefficient (Wildman–Crippen LogP) is 4.53. The van der Waals surface area contributed by atoms with E-state index in [0.717, 1.165) is 37.3 Å². The summed E-state index contributed by atoms with van der Waals surface area (Å²) >= 11 is 6.80. The Bertz CT molecular complexity index is 1060. The lowest BCUT2D eigenvalue weighted by atomic mass is 9.91. The number of piperidine rings is 1. The zero-order valence-electron chi connectivity index (χ0n) is 19.8. The maximum absolute atomic E-state index is 13.2. The van der Waals surface area contributed by atoms with Crippen molar-refractivity contribution in [1.82, 2.24) is 9.47 Å². The molecular weight excluding hydrogens is 440 g/mol. The van der Waals surface area contributed by atoms with Crippen molar-refractivity contribution >= 4 is 46.1 Å². The Labute approximate surface area is 200 Å². The summed E-state index contributed by atoms with van der Waals surface area (Å²) in [6.07, 6.45) is 3.81. The number of nitriles is 1. The van der Waals surface area contributed by atoms with Crippen LogP contribution >= 0.6 is 24.0 Å². The number of thioether (sulfide) groups is 1. The summed E-state index contributed by atoms with van der Waals surface area (Å²) in [7, 11) is 0. The third-order valence-corrected chi connectivity index (χ3v) is 7.79. The number of anilines is 1. The molecule has 0 N–H and O–H groups in total. The minimum Gasteiger partial charge on any atom is -0.357 e. The van der Waals surface area contributed by atoms with Crippen LogP contribution in [0.2, 0.25) is 0 Å². The molecule has 0 spiro atoms. The topological polar surface area (TPSA) is 69.3 Å². The van der Waals surface area contributed by atoms with E-state index in [0.29, 0.717) is 33.2 Å². The first-order valence-electron chi connectivity index (χ1n) is 11.3. The fourth-order valence-corrected chi connectivity index (χ4v) is 6.23. The molecule has 6 nitrogen and oxygen atoms in total. The van der Waals surface area contributed by atoms with Gasteiger partial charge in [0.15, 0.2) is 0 Å². The maximum Gasteiger partial charge on any atom is 0.270 e. The van der Waals surface area contributed by atoms with E-state index < -0.39 is 0 Å². The van der Waals surface area contributed by atoms with Crippen molar-refractivity contribution in [3.05, 3.63) is 31.9 Å². The molecule has 0 saturated carbocycles. The quantitative estimate of drug-likeness (QED) is 0.463. The van der Waals surface area contributed by atoms with E-state index in [1.165, 1.54) is 11.8 Å². The lowest BCUT2D eigenvalue weighted by molar-refractivity contribution is -0.123. The van der Waals surface area contributed by atoms with Gasteiger partial charge in [-0.05, 0) is 57.1 Å². The van der Waals surface area contributed by atoms with E-state index in [9.17, 15) is 14.9 Å². The van der Waals surface area contributed by atoms with Gasteiger partial charge in [0.25, 0.3) is 11.5 Å². The van der Waals surface area contributed by atoms with Crippen LogP contribution in [-0.4, -0.2) is 38.8 Å². The van der Waals surface area contributed by atoms with Crippen LogP contribution in [0.3, 0.4) is 0 Å². The van der Waals surface area contributed by atoms with Gasteiger partial charge in [0.05, 0.1) is 4.91 Å². The molecule has 0 bridgehead atoms. The van der Waals surface area contributed by atoms with Gasteiger partial charge in [-0.3, -0.25) is 19.1 Å². The molecule has 0 radical (unpaired) electrons. The number of hydrogen-bond donors (Lipinski definition) is 0. The molecule has 2 saturated heterocycles. The number of aromatic nitrogens is 1. The molecule has 3 heterocycles. The summed E-state index contributed by atoms with van der Waals surface area (Å²) in [6.45, 7) is 14.3. The lowest BCUT2D eigenvalue weighted by Crippen LogP contribution is -2.42. The van der Waals surface area contributed by atoms with Crippen molar-refractivity contribution in [2.75, 3.05) is 18.0 Å². The van der Waals surface area contributed by atoms with E-state index in [-0.39, 0.29) is 23.1 Å². The van der Waals surface area contributed by atoms with Gasteiger partial charge in [0.2, 0.25) is 0 Å². The van der Waals surface area contributed by atoms with Crippen molar-refractivity contribution in [2.24, 2.45) is 11.8 Å². The van der Waals surface area contributed by atoms with Gasteiger partial charge in [-0.1, -0.05) is 44.8 Å². The first-order valence-corrected chi connectivity index (χ1v) is 12.6. The first-order chi connectivity index (χ1) is 15.1. The molecule has 2 aliphatic rings. The SMILES string of the molecule is CCC(C)N1C(=O)/C(=C/c2c(C)c(C#N)c(=O)n(CC)c2N2CC(C)CC(C)C2)SC1=S. The van der Waals surface area contributed by atoms with Gasteiger partial charge >= 0.3 is 0 Å². The minimum atomic E-state index is -0.266. The fraction of sp³-hybridized carbons (Fsp3) is 0.583. The third-order valence-electron chi connectivity index (χ3n) is 6.46. The molecule has 172 valence electrons. The van der Waals surface area contributed by atoms with Gasteiger partial charge in [-0.25, -0.2) is 0 Å². The van der Waals surface area contributed by atoms with Crippen LogP contribution in [0.25, 0.3) is 6.08 Å². The van der Waals surface area contributed by atoms with E-state index in [1.807, 2.05) is 33.8 Å². The van der Waals surface area contributed by atoms with Crippen LogP contribution in [0, 0.1) is 30.1 Å². The second-order valence-corrected chi connectivity index (χ2v) is 10.7. The number of nitrogens with zero attached hydrogens (tertiary/aromatic N) is 4. The third kappa shape index (κ3) is 4.38. The number of amides is 1. The zero-order chi connectivity index (χ0) is 23.7. The molecule has 8 heteroatoms. The Kier molecular flexibility index (Phi) is 7.51. The van der Waals surface area contributed by atoms with E-state index in [4.69, 9.17) is 12.2 Å². The molecule has 1 aromatic rings. The van der Waals surface area contributed by atoms with Crippen molar-refractivity contribution in [3.8, 4) is 6.07 Å². The van der Waals surface area contributed by atoms with Crippen molar-refractivity contribution in [1.29, 1.82) is 5.26 Å². The highest BCUT2D eigenvalue weighted by Gasteiger charge is 2.36. The van der Waals surface area contributed by atoms with E-state index in [2.05, 4.69) is 24.8 Å². The van der Waals surface area contributed by atoms with Gasteiger partial charge in [-0.2, -0.15) is 5.26 Å². The fourth-order valence-electron chi connectivity index (χ4n) is 4.79. The Hall–Kier alpha value is -2.11. The van der Waals surface area contributed by atoms with Crippen LogP contribution < -0.4 is 10.5 Å². The summed E-state index contributed by atoms with van der Waals surface area (Å²) in [6, 6.07) is 2.12. The second kappa shape index (κ2) is 9.80. The summed E-state index contributed by atoms with van der Waals surface area (Å²) in [5.74, 6) is 1.69. The highest BCUT2D eigenvalue weighted by Crippen LogP contribution is 2.38. The number of hydrogen-bond acceptors (Lipinski definition) is 6.